The Morgan fingerprint density at radius 1 is 1.07 bits per heavy atom. The highest BCUT2D eigenvalue weighted by molar-refractivity contribution is 5.94. The Bertz CT molecular complexity index is 782. The van der Waals surface area contributed by atoms with Crippen molar-refractivity contribution in [3.05, 3.63) is 65.7 Å². The molecule has 27 heavy (non-hydrogen) atoms. The van der Waals surface area contributed by atoms with E-state index in [1.165, 1.54) is 17.7 Å². The number of esters is 1. The quantitative estimate of drug-likeness (QED) is 0.823. The van der Waals surface area contributed by atoms with E-state index < -0.39 is 12.1 Å². The summed E-state index contributed by atoms with van der Waals surface area (Å²) in [5, 5.41) is 9.74. The maximum Gasteiger partial charge on any atom is 0.342 e. The maximum atomic E-state index is 12.6. The van der Waals surface area contributed by atoms with Crippen LogP contribution in [0.2, 0.25) is 0 Å². The van der Waals surface area contributed by atoms with Crippen LogP contribution in [0.15, 0.2) is 54.6 Å². The average Bonchev–Trinajstić information content (AvgIpc) is 2.69. The fraction of sp³-hybridized carbons (Fsp3) is 0.364. The van der Waals surface area contributed by atoms with Crippen LogP contribution < -0.4 is 0 Å². The van der Waals surface area contributed by atoms with Crippen molar-refractivity contribution in [2.24, 2.45) is 5.92 Å². The van der Waals surface area contributed by atoms with Gasteiger partial charge < -0.3 is 14.7 Å². The summed E-state index contributed by atoms with van der Waals surface area (Å²) in [5.41, 5.74) is 1.39. The zero-order valence-corrected chi connectivity index (χ0v) is 15.5. The van der Waals surface area contributed by atoms with Gasteiger partial charge in [-0.15, -0.1) is 0 Å². The van der Waals surface area contributed by atoms with Crippen LogP contribution in [0.3, 0.4) is 0 Å². The van der Waals surface area contributed by atoms with Crippen LogP contribution in [0, 0.1) is 5.92 Å². The number of hydrogen-bond acceptors (Lipinski definition) is 4. The third-order valence-electron chi connectivity index (χ3n) is 5.05. The molecule has 0 radical (unpaired) electrons. The number of phenols is 1. The Morgan fingerprint density at radius 3 is 2.37 bits per heavy atom. The molecule has 1 aliphatic heterocycles. The van der Waals surface area contributed by atoms with Gasteiger partial charge in [-0.05, 0) is 49.8 Å². The molecule has 0 aromatic heterocycles. The van der Waals surface area contributed by atoms with Gasteiger partial charge in [0, 0.05) is 13.1 Å². The lowest BCUT2D eigenvalue weighted by Gasteiger charge is -2.33. The Labute approximate surface area is 159 Å². The summed E-state index contributed by atoms with van der Waals surface area (Å²) in [6.07, 6.45) is 2.05. The van der Waals surface area contributed by atoms with Crippen molar-refractivity contribution in [2.75, 3.05) is 13.1 Å². The van der Waals surface area contributed by atoms with E-state index in [2.05, 4.69) is 24.3 Å². The molecule has 1 aliphatic rings. The average molecular weight is 367 g/mol. The highest BCUT2D eigenvalue weighted by Gasteiger charge is 2.28. The molecular weight excluding hydrogens is 342 g/mol. The molecule has 1 unspecified atom stereocenters. The Kier molecular flexibility index (Phi) is 6.12. The molecule has 1 atom stereocenters. The number of hydrogen-bond donors (Lipinski definition) is 1. The minimum atomic E-state index is -0.872. The lowest BCUT2D eigenvalue weighted by atomic mass is 9.90. The van der Waals surface area contributed by atoms with Gasteiger partial charge in [-0.2, -0.15) is 0 Å². The topological polar surface area (TPSA) is 66.8 Å². The summed E-state index contributed by atoms with van der Waals surface area (Å²) in [7, 11) is 0. The number of rotatable bonds is 5. The number of phenolic OH excluding ortho intramolecular Hbond substituents is 1. The molecule has 142 valence electrons. The fourth-order valence-electron chi connectivity index (χ4n) is 3.48. The van der Waals surface area contributed by atoms with E-state index in [1.54, 1.807) is 24.0 Å². The van der Waals surface area contributed by atoms with E-state index in [1.807, 2.05) is 6.07 Å². The highest BCUT2D eigenvalue weighted by Crippen LogP contribution is 2.23. The summed E-state index contributed by atoms with van der Waals surface area (Å²) in [4.78, 5) is 26.5. The first-order valence-corrected chi connectivity index (χ1v) is 9.36. The third kappa shape index (κ3) is 4.88. The summed E-state index contributed by atoms with van der Waals surface area (Å²) in [6.45, 7) is 2.93. The number of para-hydroxylation sites is 1. The predicted octanol–water partition coefficient (Wildman–Crippen LogP) is 3.42. The molecule has 1 fully saturated rings. The number of carbonyl (C=O) groups is 2. The molecule has 1 N–H and O–H groups in total. The lowest BCUT2D eigenvalue weighted by molar-refractivity contribution is -0.141. The number of ether oxygens (including phenoxy) is 1. The van der Waals surface area contributed by atoms with E-state index in [0.717, 1.165) is 19.3 Å². The number of amides is 1. The van der Waals surface area contributed by atoms with Crippen LogP contribution in [0.25, 0.3) is 0 Å². The molecule has 1 heterocycles. The van der Waals surface area contributed by atoms with Crippen molar-refractivity contribution in [1.82, 2.24) is 4.90 Å². The van der Waals surface area contributed by atoms with Gasteiger partial charge in [0.05, 0.1) is 0 Å². The molecule has 2 aromatic rings. The first-order valence-electron chi connectivity index (χ1n) is 9.36. The summed E-state index contributed by atoms with van der Waals surface area (Å²) in [5.74, 6) is -0.454. The first kappa shape index (κ1) is 19.0. The molecule has 5 heteroatoms. The van der Waals surface area contributed by atoms with Crippen LogP contribution in [0.1, 0.15) is 35.7 Å². The molecule has 1 saturated heterocycles. The van der Waals surface area contributed by atoms with Crippen molar-refractivity contribution in [3.63, 3.8) is 0 Å². The third-order valence-corrected chi connectivity index (χ3v) is 5.05. The lowest BCUT2D eigenvalue weighted by Crippen LogP contribution is -2.44. The number of carbonyl (C=O) groups excluding carboxylic acids is 2. The summed E-state index contributed by atoms with van der Waals surface area (Å²) < 4.78 is 5.26. The summed E-state index contributed by atoms with van der Waals surface area (Å²) in [6, 6.07) is 16.5. The molecule has 3 rings (SSSR count). The Morgan fingerprint density at radius 2 is 1.70 bits per heavy atom. The van der Waals surface area contributed by atoms with E-state index in [9.17, 15) is 14.7 Å². The number of aromatic hydroxyl groups is 1. The van der Waals surface area contributed by atoms with Gasteiger partial charge in [-0.25, -0.2) is 4.79 Å². The van der Waals surface area contributed by atoms with Crippen molar-refractivity contribution in [3.8, 4) is 5.75 Å². The van der Waals surface area contributed by atoms with Crippen LogP contribution in [-0.4, -0.2) is 41.1 Å². The van der Waals surface area contributed by atoms with Crippen molar-refractivity contribution in [2.45, 2.75) is 32.3 Å². The molecule has 0 spiro atoms. The zero-order valence-electron chi connectivity index (χ0n) is 15.5. The van der Waals surface area contributed by atoms with E-state index in [-0.39, 0.29) is 17.2 Å². The SMILES string of the molecule is CC(OC(=O)c1ccccc1O)C(=O)N1CCC(Cc2ccccc2)CC1. The predicted molar refractivity (Wildman–Crippen MR) is 102 cm³/mol. The first-order chi connectivity index (χ1) is 13.0. The van der Waals surface area contributed by atoms with Gasteiger partial charge >= 0.3 is 5.97 Å². The fourth-order valence-corrected chi connectivity index (χ4v) is 3.48. The van der Waals surface area contributed by atoms with Gasteiger partial charge in [0.2, 0.25) is 0 Å². The van der Waals surface area contributed by atoms with E-state index in [4.69, 9.17) is 4.74 Å². The summed E-state index contributed by atoms with van der Waals surface area (Å²) >= 11 is 0. The molecular formula is C22H25NO4. The Balaban J connectivity index is 1.50. The minimum absolute atomic E-state index is 0.0683. The highest BCUT2D eigenvalue weighted by atomic mass is 16.5. The second kappa shape index (κ2) is 8.71. The van der Waals surface area contributed by atoms with Crippen molar-refractivity contribution < 1.29 is 19.4 Å². The maximum absolute atomic E-state index is 12.6. The monoisotopic (exact) mass is 367 g/mol. The molecule has 0 aliphatic carbocycles. The van der Waals surface area contributed by atoms with Crippen LogP contribution in [0.4, 0.5) is 0 Å². The molecule has 5 nitrogen and oxygen atoms in total. The molecule has 1 amide bonds. The van der Waals surface area contributed by atoms with Gasteiger partial charge in [0.1, 0.15) is 11.3 Å². The minimum Gasteiger partial charge on any atom is -0.507 e. The van der Waals surface area contributed by atoms with Gasteiger partial charge in [0.25, 0.3) is 5.91 Å². The molecule has 0 bridgehead atoms. The van der Waals surface area contributed by atoms with Crippen LogP contribution >= 0.6 is 0 Å². The normalized spacial score (nSPS) is 16.0. The van der Waals surface area contributed by atoms with Gasteiger partial charge in [-0.1, -0.05) is 42.5 Å². The smallest absolute Gasteiger partial charge is 0.342 e. The standard InChI is InChI=1S/C22H25NO4/c1-16(27-22(26)19-9-5-6-10-20(19)24)21(25)23-13-11-18(12-14-23)15-17-7-3-2-4-8-17/h2-10,16,18,24H,11-15H2,1H3. The molecule has 0 saturated carbocycles. The Hall–Kier alpha value is -2.82. The zero-order chi connectivity index (χ0) is 19.2. The van der Waals surface area contributed by atoms with E-state index in [0.29, 0.717) is 19.0 Å². The number of likely N-dealkylation sites (tertiary alicyclic amines) is 1. The molecule has 2 aromatic carbocycles. The van der Waals surface area contributed by atoms with Gasteiger partial charge in [-0.3, -0.25) is 4.79 Å². The van der Waals surface area contributed by atoms with Crippen molar-refractivity contribution >= 4 is 11.9 Å². The number of nitrogens with zero attached hydrogens (tertiary/aromatic N) is 1. The second-order valence-electron chi connectivity index (χ2n) is 7.02. The largest absolute Gasteiger partial charge is 0.507 e. The van der Waals surface area contributed by atoms with Gasteiger partial charge in [0.15, 0.2) is 6.10 Å². The van der Waals surface area contributed by atoms with E-state index >= 15 is 0 Å². The van der Waals surface area contributed by atoms with Crippen molar-refractivity contribution in [1.29, 1.82) is 0 Å². The second-order valence-corrected chi connectivity index (χ2v) is 7.02. The van der Waals surface area contributed by atoms with Crippen LogP contribution in [-0.2, 0) is 16.0 Å². The van der Waals surface area contributed by atoms with Crippen LogP contribution in [0.5, 0.6) is 5.75 Å². The number of benzene rings is 2. The number of piperidine rings is 1.